The fourth-order valence-corrected chi connectivity index (χ4v) is 3.60. The Kier molecular flexibility index (Phi) is 4.51. The summed E-state index contributed by atoms with van der Waals surface area (Å²) < 4.78 is 0. The highest BCUT2D eigenvalue weighted by molar-refractivity contribution is 5.57. The third-order valence-corrected chi connectivity index (χ3v) is 4.38. The summed E-state index contributed by atoms with van der Waals surface area (Å²) in [7, 11) is 0. The van der Waals surface area contributed by atoms with Gasteiger partial charge in [0, 0.05) is 30.2 Å². The normalized spacial score (nSPS) is 19.1. The van der Waals surface area contributed by atoms with Crippen molar-refractivity contribution in [3.63, 3.8) is 0 Å². The third kappa shape index (κ3) is 2.94. The molecule has 1 unspecified atom stereocenters. The Bertz CT molecular complexity index is 397. The molecule has 2 rings (SSSR count). The number of benzene rings is 1. The van der Waals surface area contributed by atoms with Crippen molar-refractivity contribution in [1.82, 2.24) is 0 Å². The maximum absolute atomic E-state index is 6.09. The lowest BCUT2D eigenvalue weighted by atomic mass is 9.72. The van der Waals surface area contributed by atoms with Crippen LogP contribution in [0.3, 0.4) is 0 Å². The molecule has 0 aliphatic carbocycles. The van der Waals surface area contributed by atoms with Crippen molar-refractivity contribution in [1.29, 1.82) is 0 Å². The van der Waals surface area contributed by atoms with Crippen molar-refractivity contribution >= 4 is 5.69 Å². The smallest absolute Gasteiger partial charge is 0.0414 e. The molecule has 0 saturated carbocycles. The molecule has 1 saturated heterocycles. The van der Waals surface area contributed by atoms with Crippen LogP contribution in [0, 0.1) is 5.41 Å². The molecular formula is C17H28N2. The number of anilines is 1. The van der Waals surface area contributed by atoms with E-state index in [0.717, 1.165) is 0 Å². The summed E-state index contributed by atoms with van der Waals surface area (Å²) in [5.74, 6) is 0. The lowest BCUT2D eigenvalue weighted by molar-refractivity contribution is 0.173. The second-order valence-corrected chi connectivity index (χ2v) is 6.20. The Hall–Kier alpha value is -1.02. The van der Waals surface area contributed by atoms with Crippen LogP contribution in [-0.4, -0.2) is 13.1 Å². The van der Waals surface area contributed by atoms with Gasteiger partial charge in [-0.15, -0.1) is 0 Å². The van der Waals surface area contributed by atoms with Gasteiger partial charge < -0.3 is 10.6 Å². The molecule has 2 heteroatoms. The van der Waals surface area contributed by atoms with Gasteiger partial charge in [-0.1, -0.05) is 44.9 Å². The first-order valence-electron chi connectivity index (χ1n) is 7.71. The first kappa shape index (κ1) is 14.4. The second kappa shape index (κ2) is 5.96. The minimum Gasteiger partial charge on any atom is -0.370 e. The molecule has 106 valence electrons. The summed E-state index contributed by atoms with van der Waals surface area (Å²) in [5, 5.41) is 0. The van der Waals surface area contributed by atoms with Crippen LogP contribution in [0.25, 0.3) is 0 Å². The Labute approximate surface area is 118 Å². The Balaban J connectivity index is 2.11. The van der Waals surface area contributed by atoms with Crippen LogP contribution in [0.1, 0.15) is 58.1 Å². The van der Waals surface area contributed by atoms with Crippen LogP contribution in [0.2, 0.25) is 0 Å². The molecule has 1 atom stereocenters. The van der Waals surface area contributed by atoms with E-state index >= 15 is 0 Å². The summed E-state index contributed by atoms with van der Waals surface area (Å²) >= 11 is 0. The molecule has 0 amide bonds. The van der Waals surface area contributed by atoms with Crippen molar-refractivity contribution < 1.29 is 0 Å². The average Bonchev–Trinajstić information content (AvgIpc) is 2.35. The largest absolute Gasteiger partial charge is 0.370 e. The van der Waals surface area contributed by atoms with E-state index in [1.807, 2.05) is 0 Å². The predicted octanol–water partition coefficient (Wildman–Crippen LogP) is 4.11. The maximum Gasteiger partial charge on any atom is 0.0414 e. The quantitative estimate of drug-likeness (QED) is 0.834. The summed E-state index contributed by atoms with van der Waals surface area (Å²) in [6, 6.07) is 8.72. The number of para-hydroxylation sites is 1. The van der Waals surface area contributed by atoms with Crippen molar-refractivity contribution in [3.8, 4) is 0 Å². The van der Waals surface area contributed by atoms with Crippen LogP contribution >= 0.6 is 0 Å². The van der Waals surface area contributed by atoms with Gasteiger partial charge in [0.2, 0.25) is 0 Å². The van der Waals surface area contributed by atoms with E-state index in [1.54, 1.807) is 0 Å². The van der Waals surface area contributed by atoms with Gasteiger partial charge in [0.05, 0.1) is 0 Å². The first-order valence-corrected chi connectivity index (χ1v) is 7.71. The zero-order valence-electron chi connectivity index (χ0n) is 12.7. The molecule has 1 aliphatic heterocycles. The highest BCUT2D eigenvalue weighted by Gasteiger charge is 2.41. The monoisotopic (exact) mass is 260 g/mol. The first-order chi connectivity index (χ1) is 9.12. The van der Waals surface area contributed by atoms with Crippen LogP contribution in [0.15, 0.2) is 24.3 Å². The van der Waals surface area contributed by atoms with Gasteiger partial charge in [0.15, 0.2) is 0 Å². The van der Waals surface area contributed by atoms with Crippen molar-refractivity contribution in [2.75, 3.05) is 18.0 Å². The van der Waals surface area contributed by atoms with E-state index in [-0.39, 0.29) is 6.04 Å². The number of hydrogen-bond donors (Lipinski definition) is 1. The zero-order valence-corrected chi connectivity index (χ0v) is 12.7. The highest BCUT2D eigenvalue weighted by atomic mass is 15.2. The molecule has 2 nitrogen and oxygen atoms in total. The van der Waals surface area contributed by atoms with Crippen LogP contribution < -0.4 is 10.6 Å². The lowest BCUT2D eigenvalue weighted by Crippen LogP contribution is -2.56. The topological polar surface area (TPSA) is 29.3 Å². The van der Waals surface area contributed by atoms with Gasteiger partial charge in [0.1, 0.15) is 0 Å². The van der Waals surface area contributed by atoms with Gasteiger partial charge in [-0.2, -0.15) is 0 Å². The van der Waals surface area contributed by atoms with E-state index in [2.05, 4.69) is 49.9 Å². The van der Waals surface area contributed by atoms with E-state index in [9.17, 15) is 0 Å². The summed E-state index contributed by atoms with van der Waals surface area (Å²) in [5.41, 5.74) is 9.28. The van der Waals surface area contributed by atoms with Gasteiger partial charge >= 0.3 is 0 Å². The molecule has 1 aromatic carbocycles. The van der Waals surface area contributed by atoms with E-state index in [0.29, 0.717) is 5.41 Å². The molecule has 0 radical (unpaired) electrons. The van der Waals surface area contributed by atoms with Gasteiger partial charge in [-0.05, 0) is 31.4 Å². The van der Waals surface area contributed by atoms with Crippen LogP contribution in [-0.2, 0) is 0 Å². The SMILES string of the molecule is CCCC1(CCC)CN(c2ccccc2C(C)N)C1. The molecule has 0 aromatic heterocycles. The fraction of sp³-hybridized carbons (Fsp3) is 0.647. The number of hydrogen-bond acceptors (Lipinski definition) is 2. The standard InChI is InChI=1S/C17H28N2/c1-4-10-17(11-5-2)12-19(13-17)16-9-7-6-8-15(16)14(3)18/h6-9,14H,4-5,10-13,18H2,1-3H3. The Morgan fingerprint density at radius 2 is 1.74 bits per heavy atom. The minimum atomic E-state index is 0.114. The molecule has 1 fully saturated rings. The zero-order chi connectivity index (χ0) is 13.9. The fourth-order valence-electron chi connectivity index (χ4n) is 3.60. The van der Waals surface area contributed by atoms with Gasteiger partial charge in [-0.3, -0.25) is 0 Å². The Morgan fingerprint density at radius 1 is 1.16 bits per heavy atom. The van der Waals surface area contributed by atoms with Crippen molar-refractivity contribution in [3.05, 3.63) is 29.8 Å². The third-order valence-electron chi connectivity index (χ3n) is 4.38. The number of nitrogens with zero attached hydrogens (tertiary/aromatic N) is 1. The Morgan fingerprint density at radius 3 is 2.26 bits per heavy atom. The molecule has 0 bridgehead atoms. The molecule has 0 spiro atoms. The van der Waals surface area contributed by atoms with Crippen molar-refractivity contribution in [2.24, 2.45) is 11.1 Å². The highest BCUT2D eigenvalue weighted by Crippen LogP contribution is 2.43. The molecule has 1 aliphatic rings. The van der Waals surface area contributed by atoms with E-state index in [4.69, 9.17) is 5.73 Å². The van der Waals surface area contributed by atoms with E-state index < -0.39 is 0 Å². The maximum atomic E-state index is 6.09. The van der Waals surface area contributed by atoms with E-state index in [1.165, 1.54) is 50.0 Å². The summed E-state index contributed by atoms with van der Waals surface area (Å²) in [6.45, 7) is 9.09. The predicted molar refractivity (Wildman–Crippen MR) is 83.5 cm³/mol. The summed E-state index contributed by atoms with van der Waals surface area (Å²) in [4.78, 5) is 2.52. The van der Waals surface area contributed by atoms with Crippen LogP contribution in [0.4, 0.5) is 5.69 Å². The molecular weight excluding hydrogens is 232 g/mol. The molecule has 2 N–H and O–H groups in total. The molecule has 1 aromatic rings. The second-order valence-electron chi connectivity index (χ2n) is 6.20. The lowest BCUT2D eigenvalue weighted by Gasteiger charge is -2.52. The van der Waals surface area contributed by atoms with Crippen LogP contribution in [0.5, 0.6) is 0 Å². The average molecular weight is 260 g/mol. The minimum absolute atomic E-state index is 0.114. The summed E-state index contributed by atoms with van der Waals surface area (Å²) in [6.07, 6.45) is 5.31. The molecule has 19 heavy (non-hydrogen) atoms. The number of rotatable bonds is 6. The van der Waals surface area contributed by atoms with Gasteiger partial charge in [-0.25, -0.2) is 0 Å². The van der Waals surface area contributed by atoms with Gasteiger partial charge in [0.25, 0.3) is 0 Å². The molecule has 1 heterocycles. The number of nitrogens with two attached hydrogens (primary N) is 1. The van der Waals surface area contributed by atoms with Crippen molar-refractivity contribution in [2.45, 2.75) is 52.5 Å².